The summed E-state index contributed by atoms with van der Waals surface area (Å²) in [6.45, 7) is 4.05. The van der Waals surface area contributed by atoms with Gasteiger partial charge in [-0.3, -0.25) is 5.10 Å². The van der Waals surface area contributed by atoms with Gasteiger partial charge in [0.15, 0.2) is 11.7 Å². The van der Waals surface area contributed by atoms with Gasteiger partial charge in [0.25, 0.3) is 0 Å². The number of furan rings is 1. The summed E-state index contributed by atoms with van der Waals surface area (Å²) >= 11 is 6.01. The molecule has 3 N–H and O–H groups in total. The third-order valence-corrected chi connectivity index (χ3v) is 3.82. The fourth-order valence-electron chi connectivity index (χ4n) is 2.37. The van der Waals surface area contributed by atoms with E-state index in [1.165, 1.54) is 0 Å². The zero-order valence-electron chi connectivity index (χ0n) is 14.9. The van der Waals surface area contributed by atoms with Crippen molar-refractivity contribution in [3.63, 3.8) is 0 Å². The van der Waals surface area contributed by atoms with Crippen LogP contribution in [0.1, 0.15) is 18.3 Å². The number of benzene rings is 1. The van der Waals surface area contributed by atoms with Crippen LogP contribution in [0.3, 0.4) is 0 Å². The number of nitrogens with zero attached hydrogens (tertiary/aromatic N) is 3. The second-order valence-corrected chi connectivity index (χ2v) is 6.02. The summed E-state index contributed by atoms with van der Waals surface area (Å²) in [6.07, 6.45) is 2.29. The third-order valence-electron chi connectivity index (χ3n) is 3.58. The van der Waals surface area contributed by atoms with Crippen molar-refractivity contribution >= 4 is 41.5 Å². The first-order chi connectivity index (χ1) is 12.7. The summed E-state index contributed by atoms with van der Waals surface area (Å²) in [6, 6.07) is 11.3. The second-order valence-electron chi connectivity index (χ2n) is 5.58. The summed E-state index contributed by atoms with van der Waals surface area (Å²) in [4.78, 5) is 9.00. The molecule has 7 nitrogen and oxygen atoms in total. The van der Waals surface area contributed by atoms with E-state index >= 15 is 0 Å². The van der Waals surface area contributed by atoms with E-state index in [1.807, 2.05) is 43.3 Å². The first-order valence-electron chi connectivity index (χ1n) is 8.46. The van der Waals surface area contributed by atoms with Gasteiger partial charge >= 0.3 is 0 Å². The predicted octanol–water partition coefficient (Wildman–Crippen LogP) is 3.63. The number of H-pyrrole nitrogens is 1. The van der Waals surface area contributed by atoms with E-state index < -0.39 is 0 Å². The zero-order chi connectivity index (χ0) is 18.2. The van der Waals surface area contributed by atoms with Crippen molar-refractivity contribution < 1.29 is 4.42 Å². The molecule has 0 radical (unpaired) electrons. The molecule has 0 bridgehead atoms. The molecular formula is C18H22ClIN6O. The molecule has 1 aromatic carbocycles. The summed E-state index contributed by atoms with van der Waals surface area (Å²) in [5.74, 6) is 2.75. The molecule has 0 amide bonds. The van der Waals surface area contributed by atoms with Gasteiger partial charge in [0.1, 0.15) is 5.82 Å². The number of aromatic nitrogens is 3. The maximum absolute atomic E-state index is 6.01. The van der Waals surface area contributed by atoms with E-state index in [1.54, 1.807) is 6.26 Å². The first kappa shape index (κ1) is 21.2. The molecule has 0 saturated heterocycles. The largest absolute Gasteiger partial charge is 0.461 e. The van der Waals surface area contributed by atoms with Gasteiger partial charge in [-0.1, -0.05) is 23.7 Å². The Balaban J connectivity index is 0.00000261. The van der Waals surface area contributed by atoms with Crippen LogP contribution < -0.4 is 10.6 Å². The van der Waals surface area contributed by atoms with Crippen LogP contribution in [0.2, 0.25) is 5.02 Å². The molecule has 0 spiro atoms. The van der Waals surface area contributed by atoms with Crippen LogP contribution in [0.25, 0.3) is 11.6 Å². The van der Waals surface area contributed by atoms with Crippen LogP contribution in [-0.2, 0) is 13.0 Å². The maximum atomic E-state index is 6.01. The van der Waals surface area contributed by atoms with E-state index in [4.69, 9.17) is 16.0 Å². The normalized spacial score (nSPS) is 11.1. The molecule has 27 heavy (non-hydrogen) atoms. The summed E-state index contributed by atoms with van der Waals surface area (Å²) < 4.78 is 5.29. The Morgan fingerprint density at radius 3 is 2.89 bits per heavy atom. The number of aromatic amines is 1. The summed E-state index contributed by atoms with van der Waals surface area (Å²) in [5.41, 5.74) is 1.06. The molecule has 9 heteroatoms. The Morgan fingerprint density at radius 2 is 2.15 bits per heavy atom. The van der Waals surface area contributed by atoms with Crippen molar-refractivity contribution in [3.8, 4) is 11.6 Å². The molecule has 3 aromatic rings. The molecule has 144 valence electrons. The SMILES string of the molecule is CCNC(=NCc1cccc(Cl)c1)NCCc1nc(-c2ccco2)n[nH]1.I. The van der Waals surface area contributed by atoms with Crippen LogP contribution >= 0.6 is 35.6 Å². The second kappa shape index (κ2) is 10.9. The van der Waals surface area contributed by atoms with Gasteiger partial charge in [0.2, 0.25) is 5.82 Å². The van der Waals surface area contributed by atoms with Gasteiger partial charge in [-0.2, -0.15) is 5.10 Å². The van der Waals surface area contributed by atoms with Gasteiger partial charge in [0, 0.05) is 24.5 Å². The Kier molecular flexibility index (Phi) is 8.59. The quantitative estimate of drug-likeness (QED) is 0.262. The van der Waals surface area contributed by atoms with Crippen molar-refractivity contribution in [2.24, 2.45) is 4.99 Å². The first-order valence-corrected chi connectivity index (χ1v) is 8.84. The average molecular weight is 501 g/mol. The van der Waals surface area contributed by atoms with Crippen molar-refractivity contribution in [1.82, 2.24) is 25.8 Å². The molecule has 2 aromatic heterocycles. The molecule has 0 fully saturated rings. The lowest BCUT2D eigenvalue weighted by atomic mass is 10.2. The van der Waals surface area contributed by atoms with E-state index in [2.05, 4.69) is 30.8 Å². The Labute approximate surface area is 180 Å². The van der Waals surface area contributed by atoms with Crippen molar-refractivity contribution in [3.05, 3.63) is 59.1 Å². The van der Waals surface area contributed by atoms with Crippen molar-refractivity contribution in [2.75, 3.05) is 13.1 Å². The molecule has 0 saturated carbocycles. The topological polar surface area (TPSA) is 91.1 Å². The van der Waals surface area contributed by atoms with Crippen LogP contribution in [0.15, 0.2) is 52.1 Å². The highest BCUT2D eigenvalue weighted by Gasteiger charge is 2.08. The molecule has 0 unspecified atom stereocenters. The Hall–Kier alpha value is -2.07. The number of hydrogen-bond acceptors (Lipinski definition) is 4. The Bertz CT molecular complexity index is 849. The van der Waals surface area contributed by atoms with Crippen LogP contribution in [0.4, 0.5) is 0 Å². The number of halogens is 2. The van der Waals surface area contributed by atoms with Crippen LogP contribution in [0.5, 0.6) is 0 Å². The van der Waals surface area contributed by atoms with Gasteiger partial charge in [-0.15, -0.1) is 24.0 Å². The van der Waals surface area contributed by atoms with Gasteiger partial charge < -0.3 is 15.1 Å². The van der Waals surface area contributed by atoms with Crippen molar-refractivity contribution in [1.29, 1.82) is 0 Å². The summed E-state index contributed by atoms with van der Waals surface area (Å²) in [7, 11) is 0. The standard InChI is InChI=1S/C18H21ClN6O.HI/c1-2-20-18(22-12-13-5-3-6-14(19)11-13)21-9-8-16-23-17(25-24-16)15-7-4-10-26-15;/h3-7,10-11H,2,8-9,12H2,1H3,(H2,20,21,22)(H,23,24,25);1H. The number of aliphatic imine (C=N–C) groups is 1. The number of guanidine groups is 1. The third kappa shape index (κ3) is 6.55. The highest BCUT2D eigenvalue weighted by Crippen LogP contribution is 2.14. The highest BCUT2D eigenvalue weighted by molar-refractivity contribution is 14.0. The molecule has 2 heterocycles. The fraction of sp³-hybridized carbons (Fsp3) is 0.278. The lowest BCUT2D eigenvalue weighted by molar-refractivity contribution is 0.577. The van der Waals surface area contributed by atoms with Crippen LogP contribution in [-0.4, -0.2) is 34.2 Å². The summed E-state index contributed by atoms with van der Waals surface area (Å²) in [5, 5.41) is 14.3. The molecule has 3 rings (SSSR count). The zero-order valence-corrected chi connectivity index (χ0v) is 18.0. The van der Waals surface area contributed by atoms with Gasteiger partial charge in [0.05, 0.1) is 12.8 Å². The smallest absolute Gasteiger partial charge is 0.216 e. The number of hydrogen-bond donors (Lipinski definition) is 3. The lowest BCUT2D eigenvalue weighted by Crippen LogP contribution is -2.38. The minimum atomic E-state index is 0. The average Bonchev–Trinajstić information content (AvgIpc) is 3.31. The minimum Gasteiger partial charge on any atom is -0.461 e. The van der Waals surface area contributed by atoms with Crippen LogP contribution in [0, 0.1) is 0 Å². The molecule has 0 atom stereocenters. The highest BCUT2D eigenvalue weighted by atomic mass is 127. The number of rotatable bonds is 7. The monoisotopic (exact) mass is 500 g/mol. The molecule has 0 aliphatic carbocycles. The molecular weight excluding hydrogens is 479 g/mol. The lowest BCUT2D eigenvalue weighted by Gasteiger charge is -2.10. The fourth-order valence-corrected chi connectivity index (χ4v) is 2.58. The van der Waals surface area contributed by atoms with Gasteiger partial charge in [-0.25, -0.2) is 9.98 Å². The molecule has 0 aliphatic rings. The van der Waals surface area contributed by atoms with Crippen molar-refractivity contribution in [2.45, 2.75) is 19.9 Å². The maximum Gasteiger partial charge on any atom is 0.216 e. The molecule has 0 aliphatic heterocycles. The predicted molar refractivity (Wildman–Crippen MR) is 117 cm³/mol. The Morgan fingerprint density at radius 1 is 1.26 bits per heavy atom. The van der Waals surface area contributed by atoms with E-state index in [0.29, 0.717) is 36.1 Å². The van der Waals surface area contributed by atoms with E-state index in [9.17, 15) is 0 Å². The van der Waals surface area contributed by atoms with E-state index in [-0.39, 0.29) is 24.0 Å². The minimum absolute atomic E-state index is 0. The number of nitrogens with one attached hydrogen (secondary N) is 3. The van der Waals surface area contributed by atoms with Gasteiger partial charge in [-0.05, 0) is 36.8 Å². The van der Waals surface area contributed by atoms with E-state index in [0.717, 1.165) is 23.9 Å².